The summed E-state index contributed by atoms with van der Waals surface area (Å²) in [6.45, 7) is 5.84. The summed E-state index contributed by atoms with van der Waals surface area (Å²) >= 11 is 0. The monoisotopic (exact) mass is 346 g/mol. The van der Waals surface area contributed by atoms with E-state index in [1.54, 1.807) is 0 Å². The molecule has 1 N–H and O–H groups in total. The third-order valence-corrected chi connectivity index (χ3v) is 4.55. The number of ether oxygens (including phenoxy) is 2. The number of benzene rings is 1. The Morgan fingerprint density at radius 3 is 2.80 bits per heavy atom. The van der Waals surface area contributed by atoms with Gasteiger partial charge < -0.3 is 19.7 Å². The molecule has 1 aromatic rings. The van der Waals surface area contributed by atoms with E-state index in [0.717, 1.165) is 23.4 Å². The summed E-state index contributed by atoms with van der Waals surface area (Å²) < 4.78 is 11.4. The third-order valence-electron chi connectivity index (χ3n) is 4.55. The van der Waals surface area contributed by atoms with Crippen molar-refractivity contribution in [2.45, 2.75) is 51.7 Å². The SMILES string of the molecule is C[C@H]1CN(C(=O)CCCOc2ccc3c(c2)CCC(=O)N3)C[C@H](C)O1. The quantitative estimate of drug-likeness (QED) is 0.831. The lowest BCUT2D eigenvalue weighted by atomic mass is 10.0. The first-order valence-electron chi connectivity index (χ1n) is 9.00. The molecule has 2 aliphatic rings. The maximum atomic E-state index is 12.3. The van der Waals surface area contributed by atoms with Crippen molar-refractivity contribution in [1.29, 1.82) is 0 Å². The lowest BCUT2D eigenvalue weighted by Gasteiger charge is -2.35. The number of carbonyl (C=O) groups excluding carboxylic acids is 2. The average molecular weight is 346 g/mol. The van der Waals surface area contributed by atoms with E-state index >= 15 is 0 Å². The fraction of sp³-hybridized carbons (Fsp3) is 0.579. The second kappa shape index (κ2) is 7.87. The summed E-state index contributed by atoms with van der Waals surface area (Å²) in [5.74, 6) is 1.01. The Morgan fingerprint density at radius 2 is 2.04 bits per heavy atom. The zero-order valence-electron chi connectivity index (χ0n) is 14.9. The molecule has 136 valence electrons. The summed E-state index contributed by atoms with van der Waals surface area (Å²) in [4.78, 5) is 25.6. The van der Waals surface area contributed by atoms with Crippen molar-refractivity contribution in [3.63, 3.8) is 0 Å². The molecule has 0 saturated carbocycles. The highest BCUT2D eigenvalue weighted by Crippen LogP contribution is 2.26. The number of hydrogen-bond acceptors (Lipinski definition) is 4. The molecule has 2 amide bonds. The molecular formula is C19H26N2O4. The van der Waals surface area contributed by atoms with Crippen LogP contribution in [-0.2, 0) is 20.7 Å². The number of anilines is 1. The van der Waals surface area contributed by atoms with Gasteiger partial charge in [-0.1, -0.05) is 0 Å². The van der Waals surface area contributed by atoms with E-state index in [1.807, 2.05) is 36.9 Å². The van der Waals surface area contributed by atoms with Gasteiger partial charge in [-0.3, -0.25) is 9.59 Å². The van der Waals surface area contributed by atoms with E-state index in [1.165, 1.54) is 0 Å². The van der Waals surface area contributed by atoms with Crippen LogP contribution in [-0.4, -0.2) is 48.6 Å². The van der Waals surface area contributed by atoms with E-state index < -0.39 is 0 Å². The van der Waals surface area contributed by atoms with Crippen LogP contribution in [0.3, 0.4) is 0 Å². The molecule has 6 nitrogen and oxygen atoms in total. The van der Waals surface area contributed by atoms with Crippen LogP contribution < -0.4 is 10.1 Å². The number of carbonyl (C=O) groups is 2. The van der Waals surface area contributed by atoms with Gasteiger partial charge in [-0.15, -0.1) is 0 Å². The number of morpholine rings is 1. The molecule has 0 aromatic heterocycles. The first-order valence-corrected chi connectivity index (χ1v) is 9.00. The predicted molar refractivity (Wildman–Crippen MR) is 94.7 cm³/mol. The van der Waals surface area contributed by atoms with Crippen LogP contribution in [0.15, 0.2) is 18.2 Å². The van der Waals surface area contributed by atoms with Gasteiger partial charge in [0.15, 0.2) is 0 Å². The third kappa shape index (κ3) is 4.72. The first-order chi connectivity index (χ1) is 12.0. The normalized spacial score (nSPS) is 23.0. The molecule has 1 saturated heterocycles. The molecule has 1 aromatic carbocycles. The van der Waals surface area contributed by atoms with Gasteiger partial charge in [-0.05, 0) is 50.5 Å². The van der Waals surface area contributed by atoms with Crippen molar-refractivity contribution in [3.05, 3.63) is 23.8 Å². The van der Waals surface area contributed by atoms with Gasteiger partial charge in [0.1, 0.15) is 5.75 Å². The number of hydrogen-bond donors (Lipinski definition) is 1. The Morgan fingerprint density at radius 1 is 1.28 bits per heavy atom. The molecule has 0 radical (unpaired) electrons. The summed E-state index contributed by atoms with van der Waals surface area (Å²) in [6, 6.07) is 5.71. The van der Waals surface area contributed by atoms with E-state index in [9.17, 15) is 9.59 Å². The molecule has 0 aliphatic carbocycles. The largest absolute Gasteiger partial charge is 0.494 e. The van der Waals surface area contributed by atoms with E-state index in [4.69, 9.17) is 9.47 Å². The number of rotatable bonds is 5. The number of amides is 2. The van der Waals surface area contributed by atoms with Crippen LogP contribution in [0.1, 0.15) is 38.7 Å². The Kier molecular flexibility index (Phi) is 5.58. The molecule has 3 rings (SSSR count). The van der Waals surface area contributed by atoms with Crippen molar-refractivity contribution in [3.8, 4) is 5.75 Å². The average Bonchev–Trinajstić information content (AvgIpc) is 2.57. The highest BCUT2D eigenvalue weighted by Gasteiger charge is 2.25. The zero-order valence-corrected chi connectivity index (χ0v) is 14.9. The van der Waals surface area contributed by atoms with E-state index in [0.29, 0.717) is 39.0 Å². The maximum Gasteiger partial charge on any atom is 0.224 e. The van der Waals surface area contributed by atoms with Crippen LogP contribution >= 0.6 is 0 Å². The van der Waals surface area contributed by atoms with Crippen LogP contribution in [0, 0.1) is 0 Å². The van der Waals surface area contributed by atoms with Crippen LogP contribution in [0.5, 0.6) is 5.75 Å². The van der Waals surface area contributed by atoms with Crippen molar-refractivity contribution in [2.75, 3.05) is 25.0 Å². The second-order valence-corrected chi connectivity index (χ2v) is 6.88. The Balaban J connectivity index is 1.42. The molecule has 25 heavy (non-hydrogen) atoms. The van der Waals surface area contributed by atoms with Crippen molar-refractivity contribution in [2.24, 2.45) is 0 Å². The van der Waals surface area contributed by atoms with E-state index in [2.05, 4.69) is 5.32 Å². The van der Waals surface area contributed by atoms with Crippen molar-refractivity contribution < 1.29 is 19.1 Å². The molecule has 0 spiro atoms. The lowest BCUT2D eigenvalue weighted by Crippen LogP contribution is -2.48. The zero-order chi connectivity index (χ0) is 17.8. The van der Waals surface area contributed by atoms with Crippen LogP contribution in [0.4, 0.5) is 5.69 Å². The second-order valence-electron chi connectivity index (χ2n) is 6.88. The van der Waals surface area contributed by atoms with Gasteiger partial charge in [0.2, 0.25) is 11.8 Å². The number of nitrogens with one attached hydrogen (secondary N) is 1. The van der Waals surface area contributed by atoms with Gasteiger partial charge in [0, 0.05) is 31.6 Å². The Bertz CT molecular complexity index is 636. The van der Waals surface area contributed by atoms with E-state index in [-0.39, 0.29) is 24.0 Å². The summed E-state index contributed by atoms with van der Waals surface area (Å²) in [5.41, 5.74) is 1.97. The fourth-order valence-electron chi connectivity index (χ4n) is 3.40. The molecule has 0 unspecified atom stereocenters. The molecule has 2 atom stereocenters. The van der Waals surface area contributed by atoms with Crippen LogP contribution in [0.2, 0.25) is 0 Å². The number of nitrogens with zero attached hydrogens (tertiary/aromatic N) is 1. The molecule has 6 heteroatoms. The molecule has 0 bridgehead atoms. The van der Waals surface area contributed by atoms with Crippen molar-refractivity contribution >= 4 is 17.5 Å². The molecule has 2 heterocycles. The summed E-state index contributed by atoms with van der Waals surface area (Å²) in [7, 11) is 0. The summed E-state index contributed by atoms with van der Waals surface area (Å²) in [6.07, 6.45) is 2.62. The van der Waals surface area contributed by atoms with Gasteiger partial charge in [-0.25, -0.2) is 0 Å². The predicted octanol–water partition coefficient (Wildman–Crippen LogP) is 2.37. The van der Waals surface area contributed by atoms with Gasteiger partial charge in [0.25, 0.3) is 0 Å². The minimum Gasteiger partial charge on any atom is -0.494 e. The Hall–Kier alpha value is -2.08. The van der Waals surface area contributed by atoms with Crippen molar-refractivity contribution in [1.82, 2.24) is 4.90 Å². The number of fused-ring (bicyclic) bond motifs is 1. The first kappa shape index (κ1) is 17.7. The smallest absolute Gasteiger partial charge is 0.224 e. The topological polar surface area (TPSA) is 67.9 Å². The minimum atomic E-state index is 0.0615. The Labute approximate surface area is 148 Å². The standard InChI is InChI=1S/C19H26N2O4/c1-13-11-21(12-14(2)25-13)19(23)4-3-9-24-16-6-7-17-15(10-16)5-8-18(22)20-17/h6-7,10,13-14H,3-5,8-9,11-12H2,1-2H3,(H,20,22)/t13-,14-/m0/s1. The molecule has 2 aliphatic heterocycles. The number of aryl methyl sites for hydroxylation is 1. The molecular weight excluding hydrogens is 320 g/mol. The summed E-state index contributed by atoms with van der Waals surface area (Å²) in [5, 5.41) is 2.86. The highest BCUT2D eigenvalue weighted by atomic mass is 16.5. The molecule has 1 fully saturated rings. The minimum absolute atomic E-state index is 0.0615. The van der Waals surface area contributed by atoms with Gasteiger partial charge in [0.05, 0.1) is 18.8 Å². The van der Waals surface area contributed by atoms with Crippen LogP contribution in [0.25, 0.3) is 0 Å². The fourth-order valence-corrected chi connectivity index (χ4v) is 3.40. The lowest BCUT2D eigenvalue weighted by molar-refractivity contribution is -0.143. The van der Waals surface area contributed by atoms with Gasteiger partial charge in [-0.2, -0.15) is 0 Å². The maximum absolute atomic E-state index is 12.3. The highest BCUT2D eigenvalue weighted by molar-refractivity contribution is 5.94. The van der Waals surface area contributed by atoms with Gasteiger partial charge >= 0.3 is 0 Å².